The smallest absolute Gasteiger partial charge is 0.462 e. The van der Waals surface area contributed by atoms with E-state index in [4.69, 9.17) is 18.5 Å². The van der Waals surface area contributed by atoms with Gasteiger partial charge in [0.2, 0.25) is 0 Å². The van der Waals surface area contributed by atoms with Crippen LogP contribution in [0.15, 0.2) is 60.8 Å². The molecule has 9 nitrogen and oxygen atoms in total. The molecule has 1 unspecified atom stereocenters. The molecule has 0 aliphatic heterocycles. The average Bonchev–Trinajstić information content (AvgIpc) is 3.26. The minimum Gasteiger partial charge on any atom is -0.462 e. The van der Waals surface area contributed by atoms with Crippen molar-refractivity contribution in [3.63, 3.8) is 0 Å². The normalized spacial score (nSPS) is 13.9. The van der Waals surface area contributed by atoms with E-state index in [1.807, 2.05) is 33.3 Å². The van der Waals surface area contributed by atoms with Crippen LogP contribution in [0, 0.1) is 0 Å². The van der Waals surface area contributed by atoms with Gasteiger partial charge in [0.25, 0.3) is 0 Å². The molecule has 10 heteroatoms. The fraction of sp³-hybridized carbons (Fsp3) is 0.782. The largest absolute Gasteiger partial charge is 0.472 e. The van der Waals surface area contributed by atoms with E-state index in [9.17, 15) is 19.0 Å². The van der Waals surface area contributed by atoms with Gasteiger partial charge in [-0.3, -0.25) is 18.6 Å². The van der Waals surface area contributed by atoms with Crippen LogP contribution >= 0.6 is 7.82 Å². The summed E-state index contributed by atoms with van der Waals surface area (Å²) < 4.78 is 34.4. The first-order valence-electron chi connectivity index (χ1n) is 26.5. The minimum absolute atomic E-state index is 0.0200. The topological polar surface area (TPSA) is 108 Å². The second kappa shape index (κ2) is 46.8. The third-order valence-electron chi connectivity index (χ3n) is 11.3. The fourth-order valence-electron chi connectivity index (χ4n) is 7.17. The van der Waals surface area contributed by atoms with Crippen LogP contribution in [0.5, 0.6) is 0 Å². The van der Waals surface area contributed by atoms with Gasteiger partial charge in [-0.15, -0.1) is 0 Å². The van der Waals surface area contributed by atoms with Crippen LogP contribution < -0.4 is 0 Å². The number of unbranched alkanes of at least 4 members (excludes halogenated alkanes) is 24. The van der Waals surface area contributed by atoms with Crippen molar-refractivity contribution in [2.75, 3.05) is 47.5 Å². The van der Waals surface area contributed by atoms with Gasteiger partial charge in [0.15, 0.2) is 6.10 Å². The Hall–Kier alpha value is -2.29. The molecule has 0 spiro atoms. The standard InChI is InChI=1S/C55H100NO8P/c1-6-8-10-12-14-16-18-20-22-24-26-27-28-30-32-34-36-38-40-42-44-46-48-55(58)64-53(52-63-65(59,60)62-50-49-56(3,4)5)51-61-54(57)47-45-43-41-39-37-35-33-31-29-25-23-21-19-17-15-13-11-9-7-2/h15,17,21,23,29,31,35,37,41,43,53H,6-14,16,18-20,22,24-28,30,32-34,36,38-40,42,44-52H2,1-5H3/p+1/b17-15+,23-21+,31-29+,37-35+,43-41+/t53-/m1/s1. The zero-order chi connectivity index (χ0) is 47.8. The summed E-state index contributed by atoms with van der Waals surface area (Å²) in [5.41, 5.74) is 0. The Bertz CT molecular complexity index is 1290. The van der Waals surface area contributed by atoms with Crippen LogP contribution in [-0.2, 0) is 32.7 Å². The lowest BCUT2D eigenvalue weighted by molar-refractivity contribution is -0.870. The van der Waals surface area contributed by atoms with Crippen LogP contribution in [0.25, 0.3) is 0 Å². The van der Waals surface area contributed by atoms with Gasteiger partial charge in [0.05, 0.1) is 27.7 Å². The lowest BCUT2D eigenvalue weighted by atomic mass is 10.0. The van der Waals surface area contributed by atoms with E-state index in [1.54, 1.807) is 0 Å². The van der Waals surface area contributed by atoms with Crippen LogP contribution in [0.2, 0.25) is 0 Å². The molecule has 0 rings (SSSR count). The highest BCUT2D eigenvalue weighted by atomic mass is 31.2. The van der Waals surface area contributed by atoms with Gasteiger partial charge in [-0.2, -0.15) is 0 Å². The van der Waals surface area contributed by atoms with E-state index in [1.165, 1.54) is 148 Å². The van der Waals surface area contributed by atoms with Gasteiger partial charge in [-0.25, -0.2) is 4.57 Å². The molecule has 0 saturated carbocycles. The summed E-state index contributed by atoms with van der Waals surface area (Å²) in [6.45, 7) is 4.34. The first kappa shape index (κ1) is 62.7. The maximum atomic E-state index is 12.8. The molecule has 0 aromatic carbocycles. The molecule has 0 aliphatic carbocycles. The van der Waals surface area contributed by atoms with E-state index in [0.29, 0.717) is 23.9 Å². The number of hydrogen-bond acceptors (Lipinski definition) is 7. The van der Waals surface area contributed by atoms with Crippen molar-refractivity contribution >= 4 is 19.8 Å². The molecule has 0 amide bonds. The van der Waals surface area contributed by atoms with Crippen molar-refractivity contribution in [1.82, 2.24) is 0 Å². The number of allylic oxidation sites excluding steroid dienone is 10. The first-order chi connectivity index (χ1) is 31.5. The highest BCUT2D eigenvalue weighted by Gasteiger charge is 2.27. The highest BCUT2D eigenvalue weighted by molar-refractivity contribution is 7.47. The van der Waals surface area contributed by atoms with Crippen LogP contribution in [-0.4, -0.2) is 74.9 Å². The Morgan fingerprint density at radius 2 is 0.862 bits per heavy atom. The number of phosphoric acid groups is 1. The van der Waals surface area contributed by atoms with Crippen molar-refractivity contribution < 1.29 is 42.1 Å². The summed E-state index contributed by atoms with van der Waals surface area (Å²) in [7, 11) is 1.44. The minimum atomic E-state index is -4.40. The zero-order valence-corrected chi connectivity index (χ0v) is 43.6. The van der Waals surface area contributed by atoms with Crippen LogP contribution in [0.3, 0.4) is 0 Å². The zero-order valence-electron chi connectivity index (χ0n) is 42.7. The molecule has 0 bridgehead atoms. The Kier molecular flexibility index (Phi) is 45.2. The number of carbonyl (C=O) groups is 2. The number of phosphoric ester groups is 1. The summed E-state index contributed by atoms with van der Waals surface area (Å²) in [6, 6.07) is 0. The summed E-state index contributed by atoms with van der Waals surface area (Å²) >= 11 is 0. The third kappa shape index (κ3) is 51.0. The van der Waals surface area contributed by atoms with Gasteiger partial charge in [-0.1, -0.05) is 222 Å². The molecule has 0 saturated heterocycles. The second-order valence-electron chi connectivity index (χ2n) is 18.9. The van der Waals surface area contributed by atoms with Crippen molar-refractivity contribution in [2.24, 2.45) is 0 Å². The maximum absolute atomic E-state index is 12.8. The molecule has 0 radical (unpaired) electrons. The number of quaternary nitrogens is 1. The molecule has 0 heterocycles. The van der Waals surface area contributed by atoms with E-state index in [2.05, 4.69) is 62.5 Å². The Balaban J connectivity index is 4.31. The van der Waals surface area contributed by atoms with Crippen molar-refractivity contribution in [2.45, 2.75) is 232 Å². The Morgan fingerprint density at radius 1 is 0.477 bits per heavy atom. The lowest BCUT2D eigenvalue weighted by Crippen LogP contribution is -2.37. The quantitative estimate of drug-likeness (QED) is 0.0211. The van der Waals surface area contributed by atoms with E-state index in [0.717, 1.165) is 38.5 Å². The number of carbonyl (C=O) groups excluding carboxylic acids is 2. The predicted molar refractivity (Wildman–Crippen MR) is 275 cm³/mol. The van der Waals surface area contributed by atoms with Gasteiger partial charge in [-0.05, 0) is 51.4 Å². The Morgan fingerprint density at radius 3 is 1.29 bits per heavy atom. The highest BCUT2D eigenvalue weighted by Crippen LogP contribution is 2.43. The van der Waals surface area contributed by atoms with Gasteiger partial charge < -0.3 is 18.9 Å². The van der Waals surface area contributed by atoms with Crippen LogP contribution in [0.1, 0.15) is 226 Å². The van der Waals surface area contributed by atoms with Crippen LogP contribution in [0.4, 0.5) is 0 Å². The van der Waals surface area contributed by atoms with Gasteiger partial charge >= 0.3 is 19.8 Å². The summed E-state index contributed by atoms with van der Waals surface area (Å²) in [4.78, 5) is 35.5. The molecule has 378 valence electrons. The molecule has 65 heavy (non-hydrogen) atoms. The monoisotopic (exact) mass is 935 g/mol. The number of hydrogen-bond donors (Lipinski definition) is 1. The Labute approximate surface area is 400 Å². The van der Waals surface area contributed by atoms with Gasteiger partial charge in [0, 0.05) is 12.8 Å². The third-order valence-corrected chi connectivity index (χ3v) is 12.3. The summed E-state index contributed by atoms with van der Waals surface area (Å²) in [5, 5.41) is 0. The van der Waals surface area contributed by atoms with Crippen molar-refractivity contribution in [1.29, 1.82) is 0 Å². The summed E-state index contributed by atoms with van der Waals surface area (Å²) in [6.07, 6.45) is 58.7. The summed E-state index contributed by atoms with van der Waals surface area (Å²) in [5.74, 6) is -0.888. The van der Waals surface area contributed by atoms with Crippen molar-refractivity contribution in [3.8, 4) is 0 Å². The molecule has 2 atom stereocenters. The number of ether oxygens (including phenoxy) is 2. The SMILES string of the molecule is CCCCC/C=C/C/C=C/C/C=C/C/C=C/C/C=C/CCC(=O)OC[C@H](COP(=O)(O)OCC[N+](C)(C)C)OC(=O)CCCCCCCCCCCCCCCCCCCCCCCC. The molecule has 1 N–H and O–H groups in total. The van der Waals surface area contributed by atoms with E-state index < -0.39 is 32.5 Å². The second-order valence-corrected chi connectivity index (χ2v) is 20.4. The van der Waals surface area contributed by atoms with Crippen molar-refractivity contribution in [3.05, 3.63) is 60.8 Å². The molecule has 0 aromatic heterocycles. The molecule has 0 fully saturated rings. The number of esters is 2. The molecule has 0 aromatic rings. The molecular formula is C55H101NO8P+. The number of likely N-dealkylation sites (N-methyl/N-ethyl adjacent to an activating group) is 1. The maximum Gasteiger partial charge on any atom is 0.472 e. The lowest BCUT2D eigenvalue weighted by Gasteiger charge is -2.24. The molecule has 0 aliphatic rings. The predicted octanol–water partition coefficient (Wildman–Crippen LogP) is 16.0. The number of rotatable bonds is 48. The molecular weight excluding hydrogens is 834 g/mol. The van der Waals surface area contributed by atoms with E-state index in [-0.39, 0.29) is 26.1 Å². The number of nitrogens with zero attached hydrogens (tertiary/aromatic N) is 1. The fourth-order valence-corrected chi connectivity index (χ4v) is 7.92. The first-order valence-corrected chi connectivity index (χ1v) is 28.0. The average molecular weight is 935 g/mol. The van der Waals surface area contributed by atoms with E-state index >= 15 is 0 Å². The van der Waals surface area contributed by atoms with Gasteiger partial charge in [0.1, 0.15) is 19.8 Å².